The first-order valence-electron chi connectivity index (χ1n) is 20.9. The second-order valence-electron chi connectivity index (χ2n) is 20.2. The summed E-state index contributed by atoms with van der Waals surface area (Å²) in [5.74, 6) is 3.82. The van der Waals surface area contributed by atoms with Crippen molar-refractivity contribution in [3.8, 4) is 0 Å². The van der Waals surface area contributed by atoms with Crippen molar-refractivity contribution in [3.05, 3.63) is 12.2 Å². The molecule has 0 aromatic rings. The lowest BCUT2D eigenvalue weighted by atomic mass is 9.32. The highest BCUT2D eigenvalue weighted by Gasteiger charge is 2.71. The van der Waals surface area contributed by atoms with Crippen LogP contribution in [0.5, 0.6) is 0 Å². The maximum absolute atomic E-state index is 13.2. The topological polar surface area (TPSA) is 83.9 Å². The van der Waals surface area contributed by atoms with Crippen LogP contribution in [0.4, 0.5) is 0 Å². The number of aliphatic carboxylic acids is 1. The smallest absolute Gasteiger partial charge is 0.306 e. The first-order valence-corrected chi connectivity index (χ1v) is 22.4. The fourth-order valence-electron chi connectivity index (χ4n) is 14.2. The first-order chi connectivity index (χ1) is 23.8. The van der Waals surface area contributed by atoms with Gasteiger partial charge < -0.3 is 14.7 Å². The van der Waals surface area contributed by atoms with E-state index in [9.17, 15) is 18.9 Å². The van der Waals surface area contributed by atoms with Crippen molar-refractivity contribution in [3.63, 3.8) is 0 Å². The van der Waals surface area contributed by atoms with Crippen molar-refractivity contribution in [1.29, 1.82) is 0 Å². The molecule has 6 fully saturated rings. The third kappa shape index (κ3) is 7.20. The zero-order chi connectivity index (χ0) is 37.8. The summed E-state index contributed by atoms with van der Waals surface area (Å²) in [5, 5.41) is 9.34. The molecule has 1 aliphatic heterocycles. The van der Waals surface area contributed by atoms with Gasteiger partial charge in [-0.25, -0.2) is 0 Å². The predicted molar refractivity (Wildman–Crippen MR) is 210 cm³/mol. The van der Waals surface area contributed by atoms with E-state index in [-0.39, 0.29) is 41.2 Å². The highest BCUT2D eigenvalue weighted by Crippen LogP contribution is 2.78. The Bertz CT molecular complexity index is 1330. The molecule has 6 nitrogen and oxygen atoms in total. The molecule has 4 unspecified atom stereocenters. The molecule has 6 aliphatic rings. The molecule has 1 saturated heterocycles. The summed E-state index contributed by atoms with van der Waals surface area (Å²) in [4.78, 5) is 27.2. The molecular weight excluding hydrogens is 655 g/mol. The normalized spacial score (nSPS) is 42.2. The molecular formula is C44H75NO5S. The van der Waals surface area contributed by atoms with Crippen molar-refractivity contribution in [2.75, 3.05) is 31.1 Å². The van der Waals surface area contributed by atoms with E-state index in [0.717, 1.165) is 55.8 Å². The number of carbonyl (C=O) groups excluding carboxylic acids is 1. The van der Waals surface area contributed by atoms with Crippen LogP contribution < -0.4 is 0 Å². The number of rotatable bonds is 9. The van der Waals surface area contributed by atoms with Crippen molar-refractivity contribution >= 4 is 22.7 Å². The van der Waals surface area contributed by atoms with E-state index in [4.69, 9.17) is 4.74 Å². The minimum atomic E-state index is -0.871. The summed E-state index contributed by atoms with van der Waals surface area (Å²) >= 11 is 0. The number of esters is 1. The van der Waals surface area contributed by atoms with Crippen molar-refractivity contribution in [1.82, 2.24) is 4.90 Å². The van der Waals surface area contributed by atoms with Crippen LogP contribution in [0.15, 0.2) is 12.2 Å². The lowest BCUT2D eigenvalue weighted by molar-refractivity contribution is -0.250. The van der Waals surface area contributed by atoms with E-state index in [1.165, 1.54) is 63.4 Å². The van der Waals surface area contributed by atoms with Crippen molar-refractivity contribution < 1.29 is 23.6 Å². The molecule has 0 bridgehead atoms. The summed E-state index contributed by atoms with van der Waals surface area (Å²) in [6.07, 6.45) is 13.7. The Morgan fingerprint density at radius 1 is 0.863 bits per heavy atom. The number of carboxylic acids is 1. The van der Waals surface area contributed by atoms with Gasteiger partial charge in [-0.15, -0.1) is 0 Å². The summed E-state index contributed by atoms with van der Waals surface area (Å²) in [6, 6.07) is 0. The summed E-state index contributed by atoms with van der Waals surface area (Å²) < 4.78 is 18.4. The van der Waals surface area contributed by atoms with Crippen LogP contribution in [0.3, 0.4) is 0 Å². The number of allylic oxidation sites excluding steroid dienone is 1. The van der Waals surface area contributed by atoms with Crippen LogP contribution in [-0.2, 0) is 25.1 Å². The average Bonchev–Trinajstić information content (AvgIpc) is 3.43. The molecule has 292 valence electrons. The fourth-order valence-corrected chi connectivity index (χ4v) is 15.4. The van der Waals surface area contributed by atoms with Gasteiger partial charge in [-0.2, -0.15) is 0 Å². The molecule has 1 N–H and O–H groups in total. The van der Waals surface area contributed by atoms with E-state index >= 15 is 0 Å². The maximum atomic E-state index is 13.2. The minimum Gasteiger partial charge on any atom is -0.481 e. The standard InChI is InChI=1S/C42H69NO5S.C2H6/c1-28(2)29-12-17-42(20-21-43-22-24-49(47)25-23-43)19-18-40(8)30(36(29)42)10-11-32-39(7)15-14-33(38(5,6)31(39)13-16-41(32,40)9)48-35(46)27-37(3,4)26-34(44)45;1-2/h29-33,36H,1,10-27H2,2-9H3,(H,44,45);1-2H3/t29-,30+,31?,32?,33?,36?,39-,40+,41+,42+;/m0./s1. The number of hydrogen-bond donors (Lipinski definition) is 1. The highest BCUT2D eigenvalue weighted by molar-refractivity contribution is 7.85. The summed E-state index contributed by atoms with van der Waals surface area (Å²) in [6.45, 7) is 30.5. The van der Waals surface area contributed by atoms with E-state index < -0.39 is 22.2 Å². The Kier molecular flexibility index (Phi) is 11.9. The molecule has 6 rings (SSSR count). The van der Waals surface area contributed by atoms with Gasteiger partial charge in [-0.1, -0.05) is 74.5 Å². The number of fused-ring (bicyclic) bond motifs is 7. The fraction of sp³-hybridized carbons (Fsp3) is 0.909. The Morgan fingerprint density at radius 2 is 1.53 bits per heavy atom. The highest BCUT2D eigenvalue weighted by atomic mass is 32.2. The quantitative estimate of drug-likeness (QED) is 0.188. The van der Waals surface area contributed by atoms with Crippen LogP contribution >= 0.6 is 0 Å². The monoisotopic (exact) mass is 730 g/mol. The van der Waals surface area contributed by atoms with Gasteiger partial charge in [0.05, 0.1) is 12.8 Å². The van der Waals surface area contributed by atoms with Crippen molar-refractivity contribution in [2.45, 2.75) is 159 Å². The molecule has 10 atom stereocenters. The summed E-state index contributed by atoms with van der Waals surface area (Å²) in [5.41, 5.74) is 1.88. The number of carboxylic acid groups (broad SMARTS) is 1. The van der Waals surface area contributed by atoms with Gasteiger partial charge in [0.2, 0.25) is 0 Å². The zero-order valence-electron chi connectivity index (χ0n) is 34.3. The predicted octanol–water partition coefficient (Wildman–Crippen LogP) is 9.93. The number of ether oxygens (including phenoxy) is 1. The Balaban J connectivity index is 0.00000248. The number of carbonyl (C=O) groups is 2. The van der Waals surface area contributed by atoms with E-state index in [1.807, 2.05) is 27.7 Å². The van der Waals surface area contributed by atoms with Crippen molar-refractivity contribution in [2.24, 2.45) is 62.1 Å². The average molecular weight is 730 g/mol. The van der Waals surface area contributed by atoms with Crippen LogP contribution in [0.25, 0.3) is 0 Å². The molecule has 0 spiro atoms. The van der Waals surface area contributed by atoms with Gasteiger partial charge in [0.25, 0.3) is 0 Å². The minimum absolute atomic E-state index is 0.0341. The van der Waals surface area contributed by atoms with Crippen LogP contribution in [0, 0.1) is 62.1 Å². The Labute approximate surface area is 314 Å². The van der Waals surface area contributed by atoms with Crippen LogP contribution in [0.2, 0.25) is 0 Å². The van der Waals surface area contributed by atoms with E-state index in [2.05, 4.69) is 53.0 Å². The molecule has 5 saturated carbocycles. The van der Waals surface area contributed by atoms with Gasteiger partial charge in [-0.05, 0) is 141 Å². The third-order valence-corrected chi connectivity index (χ3v) is 18.2. The second kappa shape index (κ2) is 14.8. The molecule has 51 heavy (non-hydrogen) atoms. The summed E-state index contributed by atoms with van der Waals surface area (Å²) in [7, 11) is -0.623. The van der Waals surface area contributed by atoms with Gasteiger partial charge in [0.15, 0.2) is 0 Å². The largest absolute Gasteiger partial charge is 0.481 e. The second-order valence-corrected chi connectivity index (χ2v) is 21.9. The molecule has 0 aromatic heterocycles. The first kappa shape index (κ1) is 41.0. The third-order valence-electron chi connectivity index (χ3n) is 16.9. The zero-order valence-corrected chi connectivity index (χ0v) is 35.2. The number of nitrogens with zero attached hydrogens (tertiary/aromatic N) is 1. The molecule has 0 aromatic carbocycles. The molecule has 0 amide bonds. The number of hydrogen-bond acceptors (Lipinski definition) is 5. The molecule has 7 heteroatoms. The molecule has 1 heterocycles. The van der Waals surface area contributed by atoms with Gasteiger partial charge in [0, 0.05) is 40.8 Å². The maximum Gasteiger partial charge on any atom is 0.306 e. The van der Waals surface area contributed by atoms with E-state index in [0.29, 0.717) is 28.6 Å². The van der Waals surface area contributed by atoms with E-state index in [1.54, 1.807) is 0 Å². The van der Waals surface area contributed by atoms with Crippen LogP contribution in [0.1, 0.15) is 153 Å². The van der Waals surface area contributed by atoms with Gasteiger partial charge in [0.1, 0.15) is 6.10 Å². The Hall–Kier alpha value is -1.21. The SMILES string of the molecule is C=C(C)[C@@H]1CC[C@]2(CCN3CCS(=O)CC3)CC[C@]3(C)[C@H](CCC4[C@@]5(C)CCC(OC(=O)CC(C)(C)CC(=O)O)C(C)(C)C5CC[C@]43C)C12.CC. The Morgan fingerprint density at radius 3 is 2.16 bits per heavy atom. The lowest BCUT2D eigenvalue weighted by Gasteiger charge is -2.73. The molecule has 0 radical (unpaired) electrons. The molecule has 5 aliphatic carbocycles. The lowest BCUT2D eigenvalue weighted by Crippen LogP contribution is -2.66. The van der Waals surface area contributed by atoms with Gasteiger partial charge in [-0.3, -0.25) is 13.8 Å². The van der Waals surface area contributed by atoms with Crippen LogP contribution in [-0.4, -0.2) is 63.4 Å². The van der Waals surface area contributed by atoms with Gasteiger partial charge >= 0.3 is 11.9 Å².